The lowest BCUT2D eigenvalue weighted by atomic mass is 9.95. The van der Waals surface area contributed by atoms with Gasteiger partial charge in [-0.3, -0.25) is 0 Å². The van der Waals surface area contributed by atoms with E-state index in [4.69, 9.17) is 32.7 Å². The predicted octanol–water partition coefficient (Wildman–Crippen LogP) is 5.44. The van der Waals surface area contributed by atoms with E-state index < -0.39 is 11.8 Å². The van der Waals surface area contributed by atoms with Gasteiger partial charge in [0.25, 0.3) is 0 Å². The Morgan fingerprint density at radius 3 is 2.36 bits per heavy atom. The average Bonchev–Trinajstić information content (AvgIpc) is 2.92. The Kier molecular flexibility index (Phi) is 3.91. The van der Waals surface area contributed by atoms with Gasteiger partial charge in [-0.2, -0.15) is 0 Å². The van der Waals surface area contributed by atoms with Crippen LogP contribution in [-0.4, -0.2) is 5.97 Å². The maximum atomic E-state index is 12.4. The minimum Gasteiger partial charge on any atom is -0.443 e. The van der Waals surface area contributed by atoms with Crippen molar-refractivity contribution in [2.24, 2.45) is 0 Å². The molecule has 124 valence electrons. The van der Waals surface area contributed by atoms with Crippen molar-refractivity contribution < 1.29 is 14.3 Å². The van der Waals surface area contributed by atoms with Gasteiger partial charge in [-0.25, -0.2) is 4.79 Å². The summed E-state index contributed by atoms with van der Waals surface area (Å²) >= 11 is 12.2. The van der Waals surface area contributed by atoms with Crippen molar-refractivity contribution in [2.45, 2.75) is 5.79 Å². The van der Waals surface area contributed by atoms with E-state index in [-0.39, 0.29) is 0 Å². The highest BCUT2D eigenvalue weighted by Gasteiger charge is 2.49. The van der Waals surface area contributed by atoms with Gasteiger partial charge in [0, 0.05) is 10.6 Å². The summed E-state index contributed by atoms with van der Waals surface area (Å²) in [5.74, 6) is -1.46. The molecule has 1 heterocycles. The largest absolute Gasteiger partial charge is 0.443 e. The minimum absolute atomic E-state index is 0.336. The van der Waals surface area contributed by atoms with Gasteiger partial charge in [-0.1, -0.05) is 65.7 Å². The van der Waals surface area contributed by atoms with E-state index >= 15 is 0 Å². The first-order valence-electron chi connectivity index (χ1n) is 7.62. The summed E-state index contributed by atoms with van der Waals surface area (Å²) < 4.78 is 11.9. The molecule has 3 aromatic carbocycles. The summed E-state index contributed by atoms with van der Waals surface area (Å²) in [7, 11) is 0. The van der Waals surface area contributed by atoms with Crippen molar-refractivity contribution in [3.05, 3.63) is 99.5 Å². The Bertz CT molecular complexity index is 956. The quantitative estimate of drug-likeness (QED) is 0.575. The van der Waals surface area contributed by atoms with Crippen molar-refractivity contribution in [1.82, 2.24) is 0 Å². The normalized spacial score (nSPS) is 18.6. The number of carbonyl (C=O) groups excluding carboxylic acids is 1. The zero-order valence-electron chi connectivity index (χ0n) is 12.9. The molecule has 0 aliphatic carbocycles. The fraction of sp³-hybridized carbons (Fsp3) is 0.0500. The highest BCUT2D eigenvalue weighted by atomic mass is 35.5. The van der Waals surface area contributed by atoms with Gasteiger partial charge in [0.1, 0.15) is 5.75 Å². The smallest absolute Gasteiger partial charge is 0.342 e. The van der Waals surface area contributed by atoms with Crippen LogP contribution in [0, 0.1) is 0 Å². The number of cyclic esters (lactones) is 1. The van der Waals surface area contributed by atoms with E-state index in [1.54, 1.807) is 30.3 Å². The van der Waals surface area contributed by atoms with Crippen LogP contribution in [0.1, 0.15) is 21.5 Å². The van der Waals surface area contributed by atoms with Crippen LogP contribution in [-0.2, 0) is 10.5 Å². The second-order valence-electron chi connectivity index (χ2n) is 5.59. The second-order valence-corrected chi connectivity index (χ2v) is 6.44. The molecule has 0 N–H and O–H groups in total. The summed E-state index contributed by atoms with van der Waals surface area (Å²) in [4.78, 5) is 12.4. The number of hydrogen-bond acceptors (Lipinski definition) is 3. The van der Waals surface area contributed by atoms with Gasteiger partial charge >= 0.3 is 11.8 Å². The van der Waals surface area contributed by atoms with Gasteiger partial charge in [0.2, 0.25) is 0 Å². The lowest BCUT2D eigenvalue weighted by Crippen LogP contribution is -2.34. The minimum atomic E-state index is -1.40. The molecule has 0 saturated heterocycles. The van der Waals surface area contributed by atoms with E-state index in [1.165, 1.54) is 0 Å². The zero-order chi connectivity index (χ0) is 17.4. The molecule has 4 rings (SSSR count). The van der Waals surface area contributed by atoms with Crippen molar-refractivity contribution in [1.29, 1.82) is 0 Å². The highest BCUT2D eigenvalue weighted by Crippen LogP contribution is 2.44. The molecule has 0 bridgehead atoms. The molecule has 3 aromatic rings. The first kappa shape index (κ1) is 16.0. The molecule has 1 unspecified atom stereocenters. The van der Waals surface area contributed by atoms with E-state index in [0.29, 0.717) is 32.5 Å². The topological polar surface area (TPSA) is 35.5 Å². The van der Waals surface area contributed by atoms with Crippen molar-refractivity contribution >= 4 is 29.2 Å². The predicted molar refractivity (Wildman–Crippen MR) is 96.2 cm³/mol. The Labute approximate surface area is 154 Å². The summed E-state index contributed by atoms with van der Waals surface area (Å²) in [6.07, 6.45) is 0. The van der Waals surface area contributed by atoms with Gasteiger partial charge in [-0.15, -0.1) is 0 Å². The molecule has 0 aromatic heterocycles. The monoisotopic (exact) mass is 370 g/mol. The molecule has 0 amide bonds. The number of hydrogen-bond donors (Lipinski definition) is 0. The summed E-state index contributed by atoms with van der Waals surface area (Å²) in [6.45, 7) is 0. The SMILES string of the molecule is O=C1OC(Oc2ccc(Cl)cc2Cl)(c2ccccc2)c2ccccc21. The van der Waals surface area contributed by atoms with Crippen molar-refractivity contribution in [3.63, 3.8) is 0 Å². The first-order valence-corrected chi connectivity index (χ1v) is 8.38. The molecule has 1 atom stereocenters. The molecule has 0 spiro atoms. The molecule has 25 heavy (non-hydrogen) atoms. The Morgan fingerprint density at radius 1 is 0.880 bits per heavy atom. The molecule has 0 fully saturated rings. The number of rotatable bonds is 3. The molecule has 1 aliphatic heterocycles. The number of carbonyl (C=O) groups is 1. The second kappa shape index (κ2) is 6.10. The number of halogens is 2. The number of ether oxygens (including phenoxy) is 2. The number of fused-ring (bicyclic) bond motifs is 1. The molecule has 3 nitrogen and oxygen atoms in total. The molecule has 1 aliphatic rings. The molecular formula is C20H12Cl2O3. The molecule has 5 heteroatoms. The van der Waals surface area contributed by atoms with Crippen LogP contribution in [0.25, 0.3) is 0 Å². The Balaban J connectivity index is 1.91. The van der Waals surface area contributed by atoms with Crippen LogP contribution in [0.4, 0.5) is 0 Å². The van der Waals surface area contributed by atoms with Gasteiger partial charge < -0.3 is 9.47 Å². The van der Waals surface area contributed by atoms with Gasteiger partial charge in [0.05, 0.1) is 16.1 Å². The maximum Gasteiger partial charge on any atom is 0.342 e. The van der Waals surface area contributed by atoms with Gasteiger partial charge in [0.15, 0.2) is 0 Å². The number of esters is 1. The van der Waals surface area contributed by atoms with Crippen LogP contribution in [0.5, 0.6) is 5.75 Å². The maximum absolute atomic E-state index is 12.4. The van der Waals surface area contributed by atoms with Crippen LogP contribution in [0.15, 0.2) is 72.8 Å². The van der Waals surface area contributed by atoms with E-state index in [1.807, 2.05) is 42.5 Å². The van der Waals surface area contributed by atoms with Crippen molar-refractivity contribution in [3.8, 4) is 5.75 Å². The van der Waals surface area contributed by atoms with Crippen LogP contribution < -0.4 is 4.74 Å². The summed E-state index contributed by atoms with van der Waals surface area (Å²) in [5.41, 5.74) is 1.80. The van der Waals surface area contributed by atoms with Crippen molar-refractivity contribution in [2.75, 3.05) is 0 Å². The zero-order valence-corrected chi connectivity index (χ0v) is 14.4. The summed E-state index contributed by atoms with van der Waals surface area (Å²) in [5, 5.41) is 0.832. The van der Waals surface area contributed by atoms with Crippen LogP contribution in [0.3, 0.4) is 0 Å². The number of benzene rings is 3. The third-order valence-electron chi connectivity index (χ3n) is 4.04. The third kappa shape index (κ3) is 2.66. The van der Waals surface area contributed by atoms with E-state index in [0.717, 1.165) is 0 Å². The fourth-order valence-corrected chi connectivity index (χ4v) is 3.36. The summed E-state index contributed by atoms with van der Waals surface area (Å²) in [6, 6.07) is 21.4. The highest BCUT2D eigenvalue weighted by molar-refractivity contribution is 6.35. The molecule has 0 saturated carbocycles. The standard InChI is InChI=1S/C20H12Cl2O3/c21-14-10-11-18(17(22)12-14)24-20(13-6-2-1-3-7-13)16-9-5-4-8-15(16)19(23)25-20/h1-12H. The Morgan fingerprint density at radius 2 is 1.60 bits per heavy atom. The van der Waals surface area contributed by atoms with Crippen LogP contribution >= 0.6 is 23.2 Å². The molecular weight excluding hydrogens is 359 g/mol. The van der Waals surface area contributed by atoms with Crippen LogP contribution in [0.2, 0.25) is 10.0 Å². The molecule has 0 radical (unpaired) electrons. The lowest BCUT2D eigenvalue weighted by molar-refractivity contribution is -0.108. The van der Waals surface area contributed by atoms with E-state index in [2.05, 4.69) is 0 Å². The van der Waals surface area contributed by atoms with Gasteiger partial charge in [-0.05, 0) is 30.3 Å². The average molecular weight is 371 g/mol. The fourth-order valence-electron chi connectivity index (χ4n) is 2.91. The Hall–Kier alpha value is -2.49. The third-order valence-corrected chi connectivity index (χ3v) is 4.57. The van der Waals surface area contributed by atoms with E-state index in [9.17, 15) is 4.79 Å². The lowest BCUT2D eigenvalue weighted by Gasteiger charge is -2.30. The first-order chi connectivity index (χ1) is 12.1.